The van der Waals surface area contributed by atoms with E-state index in [0.717, 1.165) is 63.1 Å². The monoisotopic (exact) mass is 347 g/mol. The third kappa shape index (κ3) is 6.56. The van der Waals surface area contributed by atoms with Crippen LogP contribution in [0.3, 0.4) is 0 Å². The molecule has 0 spiro atoms. The zero-order chi connectivity index (χ0) is 17.9. The molecule has 1 fully saturated rings. The van der Waals surface area contributed by atoms with Gasteiger partial charge >= 0.3 is 0 Å². The summed E-state index contributed by atoms with van der Waals surface area (Å²) in [5, 5.41) is 9.01. The van der Waals surface area contributed by atoms with Gasteiger partial charge in [0.1, 0.15) is 0 Å². The molecule has 25 heavy (non-hydrogen) atoms. The molecule has 5 heteroatoms. The normalized spacial score (nSPS) is 17.1. The van der Waals surface area contributed by atoms with Gasteiger partial charge in [0.2, 0.25) is 0 Å². The SMILES string of the molecule is COc1cc(C#N)cc(C)c1OCCCCCCOC1CCCCO1. The molecule has 1 aliphatic heterocycles. The molecule has 0 saturated carbocycles. The fourth-order valence-corrected chi connectivity index (χ4v) is 2.93. The second kappa shape index (κ2) is 11.0. The molecule has 1 aliphatic rings. The molecule has 0 aliphatic carbocycles. The highest BCUT2D eigenvalue weighted by atomic mass is 16.7. The van der Waals surface area contributed by atoms with Gasteiger partial charge < -0.3 is 18.9 Å². The van der Waals surface area contributed by atoms with Crippen molar-refractivity contribution in [1.82, 2.24) is 0 Å². The van der Waals surface area contributed by atoms with Crippen LogP contribution < -0.4 is 9.47 Å². The van der Waals surface area contributed by atoms with Crippen molar-refractivity contribution in [2.75, 3.05) is 26.9 Å². The van der Waals surface area contributed by atoms with Crippen LogP contribution in [-0.2, 0) is 9.47 Å². The van der Waals surface area contributed by atoms with E-state index >= 15 is 0 Å². The van der Waals surface area contributed by atoms with Gasteiger partial charge in [-0.1, -0.05) is 6.42 Å². The van der Waals surface area contributed by atoms with Crippen molar-refractivity contribution in [3.8, 4) is 17.6 Å². The number of ether oxygens (including phenoxy) is 4. The fourth-order valence-electron chi connectivity index (χ4n) is 2.93. The number of hydrogen-bond donors (Lipinski definition) is 0. The lowest BCUT2D eigenvalue weighted by Crippen LogP contribution is -2.22. The van der Waals surface area contributed by atoms with Gasteiger partial charge in [-0.05, 0) is 57.1 Å². The van der Waals surface area contributed by atoms with Gasteiger partial charge in [-0.2, -0.15) is 5.26 Å². The Morgan fingerprint density at radius 1 is 1.16 bits per heavy atom. The Balaban J connectivity index is 1.59. The van der Waals surface area contributed by atoms with Crippen LogP contribution in [0.5, 0.6) is 11.5 Å². The largest absolute Gasteiger partial charge is 0.493 e. The highest BCUT2D eigenvalue weighted by Crippen LogP contribution is 2.32. The highest BCUT2D eigenvalue weighted by Gasteiger charge is 2.13. The first-order chi connectivity index (χ1) is 12.2. The van der Waals surface area contributed by atoms with Crippen LogP contribution in [0.15, 0.2) is 12.1 Å². The molecule has 0 amide bonds. The number of nitriles is 1. The number of methoxy groups -OCH3 is 1. The van der Waals surface area contributed by atoms with E-state index in [9.17, 15) is 0 Å². The quantitative estimate of drug-likeness (QED) is 0.589. The van der Waals surface area contributed by atoms with Crippen LogP contribution in [0.1, 0.15) is 56.1 Å². The Bertz CT molecular complexity index is 562. The van der Waals surface area contributed by atoms with Gasteiger partial charge in [-0.3, -0.25) is 0 Å². The van der Waals surface area contributed by atoms with E-state index in [-0.39, 0.29) is 6.29 Å². The Morgan fingerprint density at radius 3 is 2.64 bits per heavy atom. The van der Waals surface area contributed by atoms with Crippen molar-refractivity contribution in [3.63, 3.8) is 0 Å². The first-order valence-electron chi connectivity index (χ1n) is 9.19. The Kier molecular flexibility index (Phi) is 8.58. The van der Waals surface area contributed by atoms with Crippen molar-refractivity contribution in [1.29, 1.82) is 5.26 Å². The van der Waals surface area contributed by atoms with Crippen molar-refractivity contribution in [2.24, 2.45) is 0 Å². The minimum Gasteiger partial charge on any atom is -0.493 e. The second-order valence-corrected chi connectivity index (χ2v) is 6.37. The minimum atomic E-state index is 0.0175. The molecule has 2 rings (SSSR count). The predicted octanol–water partition coefficient (Wildman–Crippen LogP) is 4.36. The maximum absolute atomic E-state index is 9.01. The average molecular weight is 347 g/mol. The molecule has 1 unspecified atom stereocenters. The molecule has 138 valence electrons. The molecule has 0 N–H and O–H groups in total. The van der Waals surface area contributed by atoms with Crippen molar-refractivity contribution < 1.29 is 18.9 Å². The lowest BCUT2D eigenvalue weighted by atomic mass is 10.1. The van der Waals surface area contributed by atoms with Gasteiger partial charge in [0.15, 0.2) is 17.8 Å². The van der Waals surface area contributed by atoms with Crippen molar-refractivity contribution in [2.45, 2.75) is 58.2 Å². The highest BCUT2D eigenvalue weighted by molar-refractivity contribution is 5.51. The summed E-state index contributed by atoms with van der Waals surface area (Å²) < 4.78 is 22.5. The summed E-state index contributed by atoms with van der Waals surface area (Å²) in [6.07, 6.45) is 7.68. The van der Waals surface area contributed by atoms with E-state index < -0.39 is 0 Å². The molecule has 1 saturated heterocycles. The summed E-state index contributed by atoms with van der Waals surface area (Å²) in [7, 11) is 1.60. The Hall–Kier alpha value is -1.77. The zero-order valence-corrected chi connectivity index (χ0v) is 15.4. The number of aryl methyl sites for hydroxylation is 1. The van der Waals surface area contributed by atoms with Crippen LogP contribution >= 0.6 is 0 Å². The molecule has 5 nitrogen and oxygen atoms in total. The molecule has 0 bridgehead atoms. The Labute approximate surface area is 150 Å². The van der Waals surface area contributed by atoms with Crippen molar-refractivity contribution >= 4 is 0 Å². The summed E-state index contributed by atoms with van der Waals surface area (Å²) in [5.74, 6) is 1.36. The van der Waals surface area contributed by atoms with Gasteiger partial charge in [0.05, 0.1) is 25.3 Å². The third-order valence-electron chi connectivity index (χ3n) is 4.32. The molecule has 1 atom stereocenters. The van der Waals surface area contributed by atoms with E-state index in [4.69, 9.17) is 24.2 Å². The van der Waals surface area contributed by atoms with Crippen LogP contribution in [0, 0.1) is 18.3 Å². The topological polar surface area (TPSA) is 60.7 Å². The van der Waals surface area contributed by atoms with Crippen molar-refractivity contribution in [3.05, 3.63) is 23.3 Å². The molecule has 1 aromatic carbocycles. The van der Waals surface area contributed by atoms with Crippen LogP contribution in [0.4, 0.5) is 0 Å². The van der Waals surface area contributed by atoms with Gasteiger partial charge in [0, 0.05) is 19.3 Å². The Morgan fingerprint density at radius 2 is 1.96 bits per heavy atom. The predicted molar refractivity (Wildman–Crippen MR) is 96.0 cm³/mol. The summed E-state index contributed by atoms with van der Waals surface area (Å²) in [6, 6.07) is 5.67. The first-order valence-corrected chi connectivity index (χ1v) is 9.19. The molecule has 0 aromatic heterocycles. The molecule has 1 heterocycles. The maximum Gasteiger partial charge on any atom is 0.164 e. The maximum atomic E-state index is 9.01. The fraction of sp³-hybridized carbons (Fsp3) is 0.650. The van der Waals surface area contributed by atoms with E-state index in [1.807, 2.05) is 13.0 Å². The van der Waals surface area contributed by atoms with E-state index in [1.54, 1.807) is 13.2 Å². The van der Waals surface area contributed by atoms with Gasteiger partial charge in [-0.15, -0.1) is 0 Å². The van der Waals surface area contributed by atoms with Gasteiger partial charge in [0.25, 0.3) is 0 Å². The first kappa shape index (κ1) is 19.6. The summed E-state index contributed by atoms with van der Waals surface area (Å²) in [4.78, 5) is 0. The number of nitrogens with zero attached hydrogens (tertiary/aromatic N) is 1. The zero-order valence-electron chi connectivity index (χ0n) is 15.4. The minimum absolute atomic E-state index is 0.0175. The van der Waals surface area contributed by atoms with E-state index in [2.05, 4.69) is 6.07 Å². The standard InChI is InChI=1S/C20H29NO4/c1-16-13-17(15-21)14-18(22-2)20(16)25-12-7-4-3-6-10-23-19-9-5-8-11-24-19/h13-14,19H,3-12H2,1-2H3. The lowest BCUT2D eigenvalue weighted by molar-refractivity contribution is -0.162. The van der Waals surface area contributed by atoms with Crippen LogP contribution in [0.2, 0.25) is 0 Å². The summed E-state index contributed by atoms with van der Waals surface area (Å²) in [6.45, 7) is 4.19. The van der Waals surface area contributed by atoms with Crippen LogP contribution in [0.25, 0.3) is 0 Å². The smallest absolute Gasteiger partial charge is 0.164 e. The molecule has 0 radical (unpaired) electrons. The number of unbranched alkanes of at least 4 members (excludes halogenated alkanes) is 3. The van der Waals surface area contributed by atoms with Gasteiger partial charge in [-0.25, -0.2) is 0 Å². The lowest BCUT2D eigenvalue weighted by Gasteiger charge is -2.22. The molecular weight excluding hydrogens is 318 g/mol. The molecular formula is C20H29NO4. The van der Waals surface area contributed by atoms with E-state index in [1.165, 1.54) is 6.42 Å². The summed E-state index contributed by atoms with van der Waals surface area (Å²) >= 11 is 0. The average Bonchev–Trinajstić information content (AvgIpc) is 2.65. The van der Waals surface area contributed by atoms with Crippen LogP contribution in [-0.4, -0.2) is 33.2 Å². The summed E-state index contributed by atoms with van der Waals surface area (Å²) in [5.41, 5.74) is 1.51. The number of rotatable bonds is 10. The number of hydrogen-bond acceptors (Lipinski definition) is 5. The third-order valence-corrected chi connectivity index (χ3v) is 4.32. The number of benzene rings is 1. The second-order valence-electron chi connectivity index (χ2n) is 6.37. The molecule has 1 aromatic rings. The van der Waals surface area contributed by atoms with E-state index in [0.29, 0.717) is 17.9 Å².